The summed E-state index contributed by atoms with van der Waals surface area (Å²) in [4.78, 5) is 20.5. The van der Waals surface area contributed by atoms with Gasteiger partial charge in [-0.25, -0.2) is 9.67 Å². The maximum absolute atomic E-state index is 11.3. The highest BCUT2D eigenvalue weighted by molar-refractivity contribution is 5.84. The molecule has 0 aromatic carbocycles. The first-order valence-corrected chi connectivity index (χ1v) is 9.89. The van der Waals surface area contributed by atoms with Crippen molar-refractivity contribution >= 4 is 16.8 Å². The lowest BCUT2D eigenvalue weighted by molar-refractivity contribution is -0.117. The number of methoxy groups -OCH3 is 1. The Morgan fingerprint density at radius 3 is 2.93 bits per heavy atom. The number of pyridine rings is 2. The van der Waals surface area contributed by atoms with Crippen LogP contribution in [0.1, 0.15) is 29.4 Å². The average Bonchev–Trinajstić information content (AvgIpc) is 3.36. The van der Waals surface area contributed by atoms with E-state index in [4.69, 9.17) is 24.9 Å². The Balaban J connectivity index is 1.79. The SMILES string of the molecule is COCCOc1cc(C2CCOC2)nc(-n2nc(C)c3cnc(CC(N)=O)cc32)c1. The molecule has 0 aliphatic carbocycles. The smallest absolute Gasteiger partial charge is 0.223 e. The fourth-order valence-electron chi connectivity index (χ4n) is 3.57. The molecule has 0 bridgehead atoms. The van der Waals surface area contributed by atoms with E-state index in [1.807, 2.05) is 25.1 Å². The maximum atomic E-state index is 11.3. The monoisotopic (exact) mass is 411 g/mol. The summed E-state index contributed by atoms with van der Waals surface area (Å²) >= 11 is 0. The summed E-state index contributed by atoms with van der Waals surface area (Å²) in [5.74, 6) is 1.12. The largest absolute Gasteiger partial charge is 0.491 e. The summed E-state index contributed by atoms with van der Waals surface area (Å²) in [6, 6.07) is 5.64. The van der Waals surface area contributed by atoms with Crippen LogP contribution in [0.25, 0.3) is 16.7 Å². The van der Waals surface area contributed by atoms with Crippen LogP contribution in [0.15, 0.2) is 24.4 Å². The molecule has 3 aromatic rings. The molecule has 2 N–H and O–H groups in total. The van der Waals surface area contributed by atoms with Crippen LogP contribution < -0.4 is 10.5 Å². The quantitative estimate of drug-likeness (QED) is 0.561. The Labute approximate surface area is 174 Å². The van der Waals surface area contributed by atoms with E-state index in [9.17, 15) is 4.79 Å². The number of aryl methyl sites for hydroxylation is 1. The van der Waals surface area contributed by atoms with Gasteiger partial charge in [-0.3, -0.25) is 9.78 Å². The molecule has 9 heteroatoms. The molecule has 158 valence electrons. The van der Waals surface area contributed by atoms with Gasteiger partial charge in [-0.2, -0.15) is 5.10 Å². The minimum Gasteiger partial charge on any atom is -0.491 e. The zero-order chi connectivity index (χ0) is 21.1. The number of hydrogen-bond acceptors (Lipinski definition) is 7. The van der Waals surface area contributed by atoms with E-state index in [0.29, 0.717) is 37.1 Å². The van der Waals surface area contributed by atoms with Crippen molar-refractivity contribution in [2.45, 2.75) is 25.7 Å². The number of nitrogens with zero attached hydrogens (tertiary/aromatic N) is 4. The lowest BCUT2D eigenvalue weighted by atomic mass is 10.0. The van der Waals surface area contributed by atoms with E-state index in [0.717, 1.165) is 35.3 Å². The number of rotatable bonds is 8. The first-order chi connectivity index (χ1) is 14.5. The number of carbonyl (C=O) groups is 1. The van der Waals surface area contributed by atoms with Crippen LogP contribution >= 0.6 is 0 Å². The summed E-state index contributed by atoms with van der Waals surface area (Å²) in [7, 11) is 1.64. The van der Waals surface area contributed by atoms with Crippen LogP contribution in [0, 0.1) is 6.92 Å². The van der Waals surface area contributed by atoms with Crippen LogP contribution in [0.3, 0.4) is 0 Å². The number of ether oxygens (including phenoxy) is 3. The molecule has 1 amide bonds. The molecule has 1 unspecified atom stereocenters. The zero-order valence-electron chi connectivity index (χ0n) is 17.1. The van der Waals surface area contributed by atoms with E-state index in [1.54, 1.807) is 18.0 Å². The molecule has 0 radical (unpaired) electrons. The first-order valence-electron chi connectivity index (χ1n) is 9.89. The van der Waals surface area contributed by atoms with Gasteiger partial charge in [0.2, 0.25) is 5.91 Å². The molecule has 4 heterocycles. The van der Waals surface area contributed by atoms with Crippen molar-refractivity contribution in [2.24, 2.45) is 5.73 Å². The van der Waals surface area contributed by atoms with Crippen LogP contribution in [-0.4, -0.2) is 59.2 Å². The van der Waals surface area contributed by atoms with Crippen LogP contribution in [0.5, 0.6) is 5.75 Å². The van der Waals surface area contributed by atoms with Crippen LogP contribution in [0.2, 0.25) is 0 Å². The number of primary amides is 1. The Morgan fingerprint density at radius 1 is 1.33 bits per heavy atom. The lowest BCUT2D eigenvalue weighted by Crippen LogP contribution is -2.14. The van der Waals surface area contributed by atoms with Gasteiger partial charge in [0.05, 0.1) is 42.2 Å². The Morgan fingerprint density at radius 2 is 2.20 bits per heavy atom. The molecule has 9 nitrogen and oxygen atoms in total. The molecule has 1 fully saturated rings. The van der Waals surface area contributed by atoms with E-state index in [2.05, 4.69) is 10.1 Å². The van der Waals surface area contributed by atoms with Crippen LogP contribution in [-0.2, 0) is 20.7 Å². The van der Waals surface area contributed by atoms with Crippen LogP contribution in [0.4, 0.5) is 0 Å². The highest BCUT2D eigenvalue weighted by atomic mass is 16.5. The molecule has 1 atom stereocenters. The second-order valence-electron chi connectivity index (χ2n) is 7.32. The number of nitrogens with two attached hydrogens (primary N) is 1. The molecule has 1 aliphatic heterocycles. The van der Waals surface area contributed by atoms with Gasteiger partial charge in [0, 0.05) is 43.4 Å². The molecule has 0 spiro atoms. The molecule has 4 rings (SSSR count). The summed E-state index contributed by atoms with van der Waals surface area (Å²) in [5, 5.41) is 5.56. The molecule has 30 heavy (non-hydrogen) atoms. The van der Waals surface area contributed by atoms with E-state index < -0.39 is 5.91 Å². The maximum Gasteiger partial charge on any atom is 0.223 e. The number of fused-ring (bicyclic) bond motifs is 1. The highest BCUT2D eigenvalue weighted by Gasteiger charge is 2.22. The zero-order valence-corrected chi connectivity index (χ0v) is 17.1. The van der Waals surface area contributed by atoms with Crippen molar-refractivity contribution in [1.82, 2.24) is 19.7 Å². The number of hydrogen-bond donors (Lipinski definition) is 1. The van der Waals surface area contributed by atoms with Gasteiger partial charge < -0.3 is 19.9 Å². The number of amides is 1. The van der Waals surface area contributed by atoms with Gasteiger partial charge in [0.1, 0.15) is 12.4 Å². The minimum absolute atomic E-state index is 0.0679. The number of aromatic nitrogens is 4. The Hall–Kier alpha value is -3.04. The second-order valence-corrected chi connectivity index (χ2v) is 7.32. The molecular weight excluding hydrogens is 386 g/mol. The second kappa shape index (κ2) is 8.76. The average molecular weight is 411 g/mol. The summed E-state index contributed by atoms with van der Waals surface area (Å²) in [6.45, 7) is 4.21. The third kappa shape index (κ3) is 4.27. The minimum atomic E-state index is -0.431. The normalized spacial score (nSPS) is 16.3. The van der Waals surface area contributed by atoms with Crippen molar-refractivity contribution in [3.8, 4) is 11.6 Å². The summed E-state index contributed by atoms with van der Waals surface area (Å²) < 4.78 is 18.3. The Kier molecular flexibility index (Phi) is 5.91. The third-order valence-electron chi connectivity index (χ3n) is 5.09. The number of carbonyl (C=O) groups excluding carboxylic acids is 1. The third-order valence-corrected chi connectivity index (χ3v) is 5.09. The molecule has 1 aliphatic rings. The fraction of sp³-hybridized carbons (Fsp3) is 0.429. The summed E-state index contributed by atoms with van der Waals surface area (Å²) in [6.07, 6.45) is 2.70. The molecule has 3 aromatic heterocycles. The van der Waals surface area contributed by atoms with Gasteiger partial charge in [-0.05, 0) is 19.4 Å². The predicted octanol–water partition coefficient (Wildman–Crippen LogP) is 1.68. The topological polar surface area (TPSA) is 114 Å². The standard InChI is InChI=1S/C21H25N5O4/c1-13-17-11-23-15(8-20(22)27)7-19(17)26(25-13)21-10-16(30-6-5-28-2)9-18(24-21)14-3-4-29-12-14/h7,9-11,14H,3-6,8,12H2,1-2H3,(H2,22,27). The van der Waals surface area contributed by atoms with Gasteiger partial charge in [-0.15, -0.1) is 0 Å². The molecule has 0 saturated carbocycles. The highest BCUT2D eigenvalue weighted by Crippen LogP contribution is 2.29. The fourth-order valence-corrected chi connectivity index (χ4v) is 3.57. The first kappa shape index (κ1) is 20.2. The van der Waals surface area contributed by atoms with E-state index >= 15 is 0 Å². The lowest BCUT2D eigenvalue weighted by Gasteiger charge is -2.14. The van der Waals surface area contributed by atoms with E-state index in [1.165, 1.54) is 0 Å². The predicted molar refractivity (Wildman–Crippen MR) is 110 cm³/mol. The molecular formula is C21H25N5O4. The van der Waals surface area contributed by atoms with Crippen molar-refractivity contribution < 1.29 is 19.0 Å². The Bertz CT molecular complexity index is 1060. The van der Waals surface area contributed by atoms with Gasteiger partial charge in [0.15, 0.2) is 5.82 Å². The van der Waals surface area contributed by atoms with Crippen molar-refractivity contribution in [3.63, 3.8) is 0 Å². The van der Waals surface area contributed by atoms with Crippen molar-refractivity contribution in [2.75, 3.05) is 33.5 Å². The van der Waals surface area contributed by atoms with Gasteiger partial charge in [-0.1, -0.05) is 0 Å². The molecule has 1 saturated heterocycles. The van der Waals surface area contributed by atoms with Gasteiger partial charge >= 0.3 is 0 Å². The summed E-state index contributed by atoms with van der Waals surface area (Å²) in [5.41, 5.74) is 8.47. The van der Waals surface area contributed by atoms with Crippen molar-refractivity contribution in [3.05, 3.63) is 41.5 Å². The van der Waals surface area contributed by atoms with Gasteiger partial charge in [0.25, 0.3) is 0 Å². The van der Waals surface area contributed by atoms with Crippen molar-refractivity contribution in [1.29, 1.82) is 0 Å². The van der Waals surface area contributed by atoms with E-state index in [-0.39, 0.29) is 12.3 Å².